The molecule has 0 saturated carbocycles. The van der Waals surface area contributed by atoms with Crippen LogP contribution in [-0.4, -0.2) is 29.4 Å². The first-order valence-corrected chi connectivity index (χ1v) is 14.3. The van der Waals surface area contributed by atoms with Crippen molar-refractivity contribution in [1.29, 1.82) is 0 Å². The monoisotopic (exact) mass is 541 g/mol. The van der Waals surface area contributed by atoms with E-state index in [-0.39, 0.29) is 30.1 Å². The second kappa shape index (κ2) is 10.6. The van der Waals surface area contributed by atoms with E-state index in [1.807, 2.05) is 0 Å². The van der Waals surface area contributed by atoms with Gasteiger partial charge in [0, 0.05) is 59.9 Å². The van der Waals surface area contributed by atoms with Gasteiger partial charge in [-0.1, -0.05) is 76.6 Å². The van der Waals surface area contributed by atoms with Gasteiger partial charge < -0.3 is 14.6 Å². The summed E-state index contributed by atoms with van der Waals surface area (Å²) in [5.41, 5.74) is 7.26. The van der Waals surface area contributed by atoms with Gasteiger partial charge in [-0.2, -0.15) is 0 Å². The topological polar surface area (TPSA) is 70.2 Å². The lowest BCUT2D eigenvalue weighted by Gasteiger charge is -2.36. The van der Waals surface area contributed by atoms with Crippen LogP contribution in [0, 0.1) is 0 Å². The number of fused-ring (bicyclic) bond motifs is 2. The summed E-state index contributed by atoms with van der Waals surface area (Å²) in [6.45, 7) is 12.1. The van der Waals surface area contributed by atoms with Crippen molar-refractivity contribution in [3.05, 3.63) is 83.3 Å². The third-order valence-electron chi connectivity index (χ3n) is 8.38. The molecule has 7 heteroatoms. The fourth-order valence-electron chi connectivity index (χ4n) is 6.48. The lowest BCUT2D eigenvalue weighted by Crippen LogP contribution is -2.36. The average Bonchev–Trinajstić information content (AvgIpc) is 3.44. The summed E-state index contributed by atoms with van der Waals surface area (Å²) < 4.78 is 0. The summed E-state index contributed by atoms with van der Waals surface area (Å²) >= 11 is 0. The zero-order valence-electron chi connectivity index (χ0n) is 24.2. The van der Waals surface area contributed by atoms with Crippen LogP contribution >= 0.6 is 0 Å². The number of carbonyl (C=O) groups excluding carboxylic acids is 3. The molecule has 2 aromatic carbocycles. The molecule has 2 aromatic rings. The molecule has 3 aliphatic rings. The molecule has 5 rings (SSSR count). The highest BCUT2D eigenvalue weighted by Gasteiger charge is 2.49. The zero-order chi connectivity index (χ0) is 28.7. The predicted octanol–water partition coefficient (Wildman–Crippen LogP) is 6.49. The van der Waals surface area contributed by atoms with Gasteiger partial charge in [0.15, 0.2) is 0 Å². The van der Waals surface area contributed by atoms with E-state index in [9.17, 15) is 14.4 Å². The molecule has 0 N–H and O–H groups in total. The number of hydrogen-bond acceptors (Lipinski definition) is 6. The van der Waals surface area contributed by atoms with Crippen molar-refractivity contribution in [2.75, 3.05) is 16.3 Å². The molecule has 210 valence electrons. The Morgan fingerprint density at radius 3 is 2.05 bits per heavy atom. The van der Waals surface area contributed by atoms with E-state index in [1.54, 1.807) is 0 Å². The molecule has 3 heterocycles. The fourth-order valence-corrected chi connectivity index (χ4v) is 6.48. The quantitative estimate of drug-likeness (QED) is 0.281. The minimum absolute atomic E-state index is 0.102. The Morgan fingerprint density at radius 1 is 0.825 bits per heavy atom. The molecule has 0 unspecified atom stereocenters. The normalized spacial score (nSPS) is 21.0. The SMILES string of the molecule is CC=CN1C(=C2N(CCCCCC(=O)ON3C(=O)CCC3=O)c3ccccc3C2(C)C)C(C)(C)c2ccccc21. The lowest BCUT2D eigenvalue weighted by atomic mass is 9.76. The largest absolute Gasteiger partial charge is 0.342 e. The molecule has 0 aliphatic carbocycles. The van der Waals surface area contributed by atoms with Crippen LogP contribution in [0.1, 0.15) is 84.3 Å². The number of benzene rings is 2. The average molecular weight is 542 g/mol. The second-order valence-electron chi connectivity index (χ2n) is 11.8. The third kappa shape index (κ3) is 4.61. The number of anilines is 2. The second-order valence-corrected chi connectivity index (χ2v) is 11.8. The summed E-state index contributed by atoms with van der Waals surface area (Å²) in [5.74, 6) is -1.43. The molecule has 1 saturated heterocycles. The number of rotatable bonds is 8. The minimum Gasteiger partial charge on any atom is -0.342 e. The smallest absolute Gasteiger partial charge is 0.333 e. The Hall–Kier alpha value is -3.87. The van der Waals surface area contributed by atoms with Crippen LogP contribution in [0.25, 0.3) is 0 Å². The number of amides is 2. The molecule has 3 aliphatic heterocycles. The van der Waals surface area contributed by atoms with Crippen molar-refractivity contribution in [3.8, 4) is 0 Å². The summed E-state index contributed by atoms with van der Waals surface area (Å²) in [6.07, 6.45) is 6.98. The van der Waals surface area contributed by atoms with Crippen LogP contribution in [0.4, 0.5) is 11.4 Å². The van der Waals surface area contributed by atoms with Gasteiger partial charge in [0.2, 0.25) is 0 Å². The van der Waals surface area contributed by atoms with Crippen molar-refractivity contribution in [2.45, 2.75) is 84.0 Å². The summed E-state index contributed by atoms with van der Waals surface area (Å²) in [4.78, 5) is 45.6. The third-order valence-corrected chi connectivity index (χ3v) is 8.38. The Morgan fingerprint density at radius 2 is 1.40 bits per heavy atom. The minimum atomic E-state index is -0.536. The van der Waals surface area contributed by atoms with E-state index in [0.717, 1.165) is 19.4 Å². The number of hydrogen-bond donors (Lipinski definition) is 0. The fraction of sp³-hybridized carbons (Fsp3) is 0.424. The van der Waals surface area contributed by atoms with E-state index in [1.165, 1.54) is 33.9 Å². The first kappa shape index (κ1) is 27.7. The maximum Gasteiger partial charge on any atom is 0.333 e. The van der Waals surface area contributed by atoms with E-state index < -0.39 is 17.8 Å². The van der Waals surface area contributed by atoms with Gasteiger partial charge >= 0.3 is 5.97 Å². The van der Waals surface area contributed by atoms with Crippen LogP contribution in [-0.2, 0) is 30.1 Å². The van der Waals surface area contributed by atoms with Crippen LogP contribution < -0.4 is 9.80 Å². The van der Waals surface area contributed by atoms with E-state index >= 15 is 0 Å². The van der Waals surface area contributed by atoms with Gasteiger partial charge in [0.05, 0.1) is 5.70 Å². The van der Waals surface area contributed by atoms with Crippen molar-refractivity contribution < 1.29 is 19.2 Å². The van der Waals surface area contributed by atoms with E-state index in [2.05, 4.69) is 105 Å². The predicted molar refractivity (Wildman–Crippen MR) is 156 cm³/mol. The van der Waals surface area contributed by atoms with Crippen molar-refractivity contribution in [3.63, 3.8) is 0 Å². The van der Waals surface area contributed by atoms with Crippen molar-refractivity contribution in [1.82, 2.24) is 5.06 Å². The lowest BCUT2D eigenvalue weighted by molar-refractivity contribution is -0.197. The molecule has 0 aromatic heterocycles. The van der Waals surface area contributed by atoms with E-state index in [4.69, 9.17) is 4.84 Å². The highest BCUT2D eigenvalue weighted by Crippen LogP contribution is 2.56. The Labute approximate surface area is 237 Å². The number of imide groups is 1. The molecule has 2 amide bonds. The van der Waals surface area contributed by atoms with Gasteiger partial charge in [0.25, 0.3) is 11.8 Å². The van der Waals surface area contributed by atoms with Crippen LogP contribution in [0.2, 0.25) is 0 Å². The first-order valence-electron chi connectivity index (χ1n) is 14.3. The molecule has 1 fully saturated rings. The number of carbonyl (C=O) groups is 3. The molecule has 0 radical (unpaired) electrons. The van der Waals surface area contributed by atoms with Gasteiger partial charge in [-0.3, -0.25) is 9.59 Å². The maximum absolute atomic E-state index is 12.3. The Kier molecular flexibility index (Phi) is 7.34. The highest BCUT2D eigenvalue weighted by atomic mass is 16.7. The van der Waals surface area contributed by atoms with E-state index in [0.29, 0.717) is 11.5 Å². The van der Waals surface area contributed by atoms with Crippen LogP contribution in [0.15, 0.2) is 72.2 Å². The van der Waals surface area contributed by atoms with Gasteiger partial charge in [-0.15, -0.1) is 5.06 Å². The van der Waals surface area contributed by atoms with Crippen LogP contribution in [0.5, 0.6) is 0 Å². The standard InChI is InChI=1S/C33H39N3O4/c1-6-21-34-25-16-11-9-14-23(25)32(2,3)30(34)31-33(4,5)24-15-10-12-17-26(24)35(31)22-13-7-8-18-29(39)40-36-27(37)19-20-28(36)38/h6,9-12,14-17,21H,7-8,13,18-20,22H2,1-5H3. The Balaban J connectivity index is 1.38. The molecular weight excluding hydrogens is 502 g/mol. The van der Waals surface area contributed by atoms with Gasteiger partial charge in [-0.25, -0.2) is 4.79 Å². The maximum atomic E-state index is 12.3. The number of para-hydroxylation sites is 2. The van der Waals surface area contributed by atoms with Crippen molar-refractivity contribution in [2.24, 2.45) is 0 Å². The number of unbranched alkanes of at least 4 members (excludes halogenated alkanes) is 2. The number of allylic oxidation sites excluding steroid dienone is 3. The summed E-state index contributed by atoms with van der Waals surface area (Å²) in [6, 6.07) is 17.3. The van der Waals surface area contributed by atoms with Gasteiger partial charge in [0.1, 0.15) is 0 Å². The highest BCUT2D eigenvalue weighted by molar-refractivity contribution is 6.01. The zero-order valence-corrected chi connectivity index (χ0v) is 24.2. The molecule has 40 heavy (non-hydrogen) atoms. The Bertz CT molecular complexity index is 1390. The molecular formula is C33H39N3O4. The number of hydroxylamine groups is 2. The number of nitrogens with zero attached hydrogens (tertiary/aromatic N) is 3. The summed E-state index contributed by atoms with van der Waals surface area (Å²) in [7, 11) is 0. The molecule has 0 atom stereocenters. The molecule has 0 spiro atoms. The van der Waals surface area contributed by atoms with Gasteiger partial charge in [-0.05, 0) is 43.0 Å². The summed E-state index contributed by atoms with van der Waals surface area (Å²) in [5, 5.41) is 0.627. The van der Waals surface area contributed by atoms with Crippen LogP contribution in [0.3, 0.4) is 0 Å². The van der Waals surface area contributed by atoms with Crippen molar-refractivity contribution >= 4 is 29.2 Å². The first-order chi connectivity index (χ1) is 19.1. The molecule has 0 bridgehead atoms. The molecule has 7 nitrogen and oxygen atoms in total.